The number of benzene rings is 3. The normalized spacial score (nSPS) is 10.7. The first-order chi connectivity index (χ1) is 14.0. The van der Waals surface area contributed by atoms with Crippen molar-refractivity contribution in [3.63, 3.8) is 0 Å². The van der Waals surface area contributed by atoms with Crippen LogP contribution in [0.5, 0.6) is 17.2 Å². The predicted octanol–water partition coefficient (Wildman–Crippen LogP) is 4.94. The van der Waals surface area contributed by atoms with Crippen LogP contribution in [-0.2, 0) is 11.4 Å². The van der Waals surface area contributed by atoms with Gasteiger partial charge in [0.15, 0.2) is 11.5 Å². The summed E-state index contributed by atoms with van der Waals surface area (Å²) in [6.07, 6.45) is 3.04. The first kappa shape index (κ1) is 20.0. The summed E-state index contributed by atoms with van der Waals surface area (Å²) in [6.45, 7) is 2.37. The number of carbonyl (C=O) groups excluding carboxylic acids is 1. The molecule has 0 spiro atoms. The summed E-state index contributed by atoms with van der Waals surface area (Å²) in [4.78, 5) is 12.3. The Bertz CT molecular complexity index is 1010. The fourth-order valence-electron chi connectivity index (χ4n) is 2.72. The lowest BCUT2D eigenvalue weighted by atomic mass is 10.1. The number of aromatic hydroxyl groups is 1. The number of carbonyl (C=O) groups is 1. The van der Waals surface area contributed by atoms with Crippen LogP contribution in [0, 0.1) is 6.92 Å². The van der Waals surface area contributed by atoms with E-state index in [2.05, 4.69) is 5.32 Å². The van der Waals surface area contributed by atoms with Gasteiger partial charge in [-0.15, -0.1) is 0 Å². The Labute approximate surface area is 170 Å². The van der Waals surface area contributed by atoms with Gasteiger partial charge in [-0.1, -0.05) is 42.0 Å². The van der Waals surface area contributed by atoms with Crippen LogP contribution in [0.1, 0.15) is 16.7 Å². The topological polar surface area (TPSA) is 67.8 Å². The van der Waals surface area contributed by atoms with Crippen molar-refractivity contribution in [3.05, 3.63) is 89.5 Å². The Morgan fingerprint density at radius 1 is 1.07 bits per heavy atom. The maximum atomic E-state index is 12.3. The van der Waals surface area contributed by atoms with Crippen molar-refractivity contribution in [3.8, 4) is 17.2 Å². The number of amides is 1. The molecule has 5 nitrogen and oxygen atoms in total. The van der Waals surface area contributed by atoms with Crippen LogP contribution in [0.15, 0.2) is 72.8 Å². The molecule has 29 heavy (non-hydrogen) atoms. The minimum absolute atomic E-state index is 0.0219. The highest BCUT2D eigenvalue weighted by molar-refractivity contribution is 6.02. The van der Waals surface area contributed by atoms with Crippen molar-refractivity contribution >= 4 is 17.7 Å². The predicted molar refractivity (Wildman–Crippen MR) is 114 cm³/mol. The van der Waals surface area contributed by atoms with Crippen LogP contribution in [0.25, 0.3) is 6.08 Å². The zero-order chi connectivity index (χ0) is 20.6. The molecule has 0 saturated carbocycles. The third kappa shape index (κ3) is 5.62. The molecule has 3 aromatic carbocycles. The second kappa shape index (κ2) is 9.46. The van der Waals surface area contributed by atoms with Gasteiger partial charge < -0.3 is 19.9 Å². The number of ether oxygens (including phenoxy) is 2. The van der Waals surface area contributed by atoms with Crippen LogP contribution < -0.4 is 14.8 Å². The summed E-state index contributed by atoms with van der Waals surface area (Å²) in [7, 11) is 1.48. The molecular formula is C24H23NO4. The van der Waals surface area contributed by atoms with E-state index in [0.717, 1.165) is 11.3 Å². The molecule has 1 amide bonds. The number of para-hydroxylation sites is 1. The molecule has 0 radical (unpaired) electrons. The number of phenols is 1. The first-order valence-electron chi connectivity index (χ1n) is 9.18. The maximum absolute atomic E-state index is 12.3. The van der Waals surface area contributed by atoms with E-state index in [9.17, 15) is 9.90 Å². The molecule has 0 bridgehead atoms. The summed E-state index contributed by atoms with van der Waals surface area (Å²) >= 11 is 0. The Morgan fingerprint density at radius 3 is 2.55 bits per heavy atom. The highest BCUT2D eigenvalue weighted by atomic mass is 16.5. The number of anilines is 1. The molecular weight excluding hydrogens is 366 g/mol. The van der Waals surface area contributed by atoms with Crippen molar-refractivity contribution in [2.24, 2.45) is 0 Å². The molecule has 3 rings (SSSR count). The van der Waals surface area contributed by atoms with Gasteiger partial charge >= 0.3 is 0 Å². The smallest absolute Gasteiger partial charge is 0.248 e. The highest BCUT2D eigenvalue weighted by Crippen LogP contribution is 2.26. The fraction of sp³-hybridized carbons (Fsp3) is 0.125. The number of rotatable bonds is 7. The lowest BCUT2D eigenvalue weighted by Crippen LogP contribution is -2.10. The number of methoxy groups -OCH3 is 1. The lowest BCUT2D eigenvalue weighted by Gasteiger charge is -2.11. The summed E-state index contributed by atoms with van der Waals surface area (Å²) in [5.41, 5.74) is 3.42. The van der Waals surface area contributed by atoms with Crippen molar-refractivity contribution in [2.45, 2.75) is 13.5 Å². The number of phenolic OH excluding ortho intramolecular Hbond substituents is 1. The monoisotopic (exact) mass is 389 g/mol. The molecule has 0 atom stereocenters. The summed E-state index contributed by atoms with van der Waals surface area (Å²) in [6, 6.07) is 20.3. The molecule has 0 heterocycles. The van der Waals surface area contributed by atoms with Crippen LogP contribution in [0.3, 0.4) is 0 Å². The Balaban J connectivity index is 1.64. The molecule has 0 fully saturated rings. The van der Waals surface area contributed by atoms with E-state index >= 15 is 0 Å². The van der Waals surface area contributed by atoms with Crippen LogP contribution in [0.4, 0.5) is 5.69 Å². The molecule has 3 aromatic rings. The minimum Gasteiger partial charge on any atom is -0.504 e. The second-order valence-corrected chi connectivity index (χ2v) is 6.51. The van der Waals surface area contributed by atoms with E-state index in [4.69, 9.17) is 9.47 Å². The molecule has 0 saturated heterocycles. The van der Waals surface area contributed by atoms with Gasteiger partial charge in [-0.3, -0.25) is 4.79 Å². The van der Waals surface area contributed by atoms with E-state index in [0.29, 0.717) is 23.6 Å². The Morgan fingerprint density at radius 2 is 1.83 bits per heavy atom. The molecule has 2 N–H and O–H groups in total. The number of hydrogen-bond donors (Lipinski definition) is 2. The molecule has 5 heteroatoms. The van der Waals surface area contributed by atoms with Gasteiger partial charge in [0.25, 0.3) is 0 Å². The van der Waals surface area contributed by atoms with Gasteiger partial charge in [0.1, 0.15) is 12.4 Å². The van der Waals surface area contributed by atoms with E-state index in [1.54, 1.807) is 18.2 Å². The van der Waals surface area contributed by atoms with Crippen molar-refractivity contribution in [1.29, 1.82) is 0 Å². The number of aryl methyl sites for hydroxylation is 1. The summed E-state index contributed by atoms with van der Waals surface area (Å²) in [5.74, 6) is 0.904. The zero-order valence-corrected chi connectivity index (χ0v) is 16.4. The van der Waals surface area contributed by atoms with E-state index < -0.39 is 0 Å². The fourth-order valence-corrected chi connectivity index (χ4v) is 2.72. The number of hydrogen-bond acceptors (Lipinski definition) is 4. The van der Waals surface area contributed by atoms with Gasteiger partial charge in [0.2, 0.25) is 5.91 Å². The molecule has 0 aromatic heterocycles. The standard InChI is InChI=1S/C24H23NO4/c1-17-7-11-20(12-8-17)29-16-19-5-3-4-6-21(19)25-24(27)14-10-18-9-13-23(28-2)22(26)15-18/h3-15,26H,16H2,1-2H3,(H,25,27). The van der Waals surface area contributed by atoms with Crippen molar-refractivity contribution in [1.82, 2.24) is 0 Å². The highest BCUT2D eigenvalue weighted by Gasteiger charge is 2.06. The van der Waals surface area contributed by atoms with Crippen LogP contribution >= 0.6 is 0 Å². The van der Waals surface area contributed by atoms with Gasteiger partial charge in [0, 0.05) is 17.3 Å². The van der Waals surface area contributed by atoms with Gasteiger partial charge in [-0.05, 0) is 48.9 Å². The third-order valence-electron chi connectivity index (χ3n) is 4.32. The van der Waals surface area contributed by atoms with E-state index in [1.165, 1.54) is 24.8 Å². The van der Waals surface area contributed by atoms with E-state index in [-0.39, 0.29) is 11.7 Å². The maximum Gasteiger partial charge on any atom is 0.248 e. The molecule has 0 aliphatic carbocycles. The van der Waals surface area contributed by atoms with Crippen molar-refractivity contribution in [2.75, 3.05) is 12.4 Å². The Kier molecular flexibility index (Phi) is 6.53. The average Bonchev–Trinajstić information content (AvgIpc) is 2.73. The van der Waals surface area contributed by atoms with E-state index in [1.807, 2.05) is 55.5 Å². The van der Waals surface area contributed by atoms with Crippen LogP contribution in [0.2, 0.25) is 0 Å². The van der Waals surface area contributed by atoms with Gasteiger partial charge in [-0.2, -0.15) is 0 Å². The quantitative estimate of drug-likeness (QED) is 0.562. The van der Waals surface area contributed by atoms with Crippen molar-refractivity contribution < 1.29 is 19.4 Å². The molecule has 0 aliphatic rings. The van der Waals surface area contributed by atoms with Gasteiger partial charge in [0.05, 0.1) is 7.11 Å². The average molecular weight is 389 g/mol. The first-order valence-corrected chi connectivity index (χ1v) is 9.18. The largest absolute Gasteiger partial charge is 0.504 e. The third-order valence-corrected chi connectivity index (χ3v) is 4.32. The summed E-state index contributed by atoms with van der Waals surface area (Å²) < 4.78 is 10.8. The molecule has 148 valence electrons. The summed E-state index contributed by atoms with van der Waals surface area (Å²) in [5, 5.41) is 12.7. The molecule has 0 unspecified atom stereocenters. The Hall–Kier alpha value is -3.73. The van der Waals surface area contributed by atoms with Crippen LogP contribution in [-0.4, -0.2) is 18.1 Å². The zero-order valence-electron chi connectivity index (χ0n) is 16.4. The van der Waals surface area contributed by atoms with Gasteiger partial charge in [-0.25, -0.2) is 0 Å². The second-order valence-electron chi connectivity index (χ2n) is 6.51. The lowest BCUT2D eigenvalue weighted by molar-refractivity contribution is -0.111. The molecule has 0 aliphatic heterocycles. The minimum atomic E-state index is -0.275. The SMILES string of the molecule is COc1ccc(C=CC(=O)Nc2ccccc2COc2ccc(C)cc2)cc1O. The number of nitrogens with one attached hydrogen (secondary N) is 1.